The molecule has 1 fully saturated rings. The first kappa shape index (κ1) is 9.25. The van der Waals surface area contributed by atoms with Gasteiger partial charge in [0.2, 0.25) is 5.91 Å². The molecule has 1 unspecified atom stereocenters. The molecule has 0 radical (unpaired) electrons. The van der Waals surface area contributed by atoms with Gasteiger partial charge in [0.05, 0.1) is 6.04 Å². The topological polar surface area (TPSA) is 44.4 Å². The van der Waals surface area contributed by atoms with Gasteiger partial charge in [-0.3, -0.25) is 4.79 Å². The van der Waals surface area contributed by atoms with Crippen LogP contribution in [0.25, 0.3) is 0 Å². The molecular weight excluding hydrogens is 174 g/mol. The second-order valence-electron chi connectivity index (χ2n) is 2.90. The van der Waals surface area contributed by atoms with Crippen LogP contribution < -0.4 is 10.6 Å². The lowest BCUT2D eigenvalue weighted by atomic mass is 10.3. The van der Waals surface area contributed by atoms with Crippen LogP contribution in [0.1, 0.15) is 6.42 Å². The Bertz CT molecular complexity index is 207. The van der Waals surface area contributed by atoms with E-state index in [9.17, 15) is 4.79 Å². The molecule has 68 valence electrons. The Morgan fingerprint density at radius 3 is 2.83 bits per heavy atom. The highest BCUT2D eigenvalue weighted by Crippen LogP contribution is 2.07. The molecule has 0 saturated carbocycles. The van der Waals surface area contributed by atoms with Crippen molar-refractivity contribution in [3.8, 4) is 0 Å². The molecular formula is C7H13N3OS. The summed E-state index contributed by atoms with van der Waals surface area (Å²) in [5, 5.41) is 6.46. The molecule has 0 spiro atoms. The Morgan fingerprint density at radius 1 is 1.75 bits per heavy atom. The van der Waals surface area contributed by atoms with Gasteiger partial charge in [-0.05, 0) is 12.2 Å². The largest absolute Gasteiger partial charge is 0.366 e. The first-order valence-corrected chi connectivity index (χ1v) is 4.26. The third-order valence-electron chi connectivity index (χ3n) is 1.90. The Kier molecular flexibility index (Phi) is 2.86. The van der Waals surface area contributed by atoms with Crippen LogP contribution in [-0.4, -0.2) is 42.6 Å². The molecule has 0 aromatic carbocycles. The molecule has 1 atom stereocenters. The average Bonchev–Trinajstić information content (AvgIpc) is 2.31. The van der Waals surface area contributed by atoms with Crippen molar-refractivity contribution in [3.05, 3.63) is 0 Å². The van der Waals surface area contributed by atoms with Gasteiger partial charge >= 0.3 is 0 Å². The maximum atomic E-state index is 11.1. The van der Waals surface area contributed by atoms with Crippen LogP contribution in [0.15, 0.2) is 0 Å². The number of nitrogens with one attached hydrogen (secondary N) is 2. The van der Waals surface area contributed by atoms with E-state index < -0.39 is 0 Å². The van der Waals surface area contributed by atoms with Gasteiger partial charge in [0.1, 0.15) is 0 Å². The fourth-order valence-electron chi connectivity index (χ4n) is 1.22. The zero-order valence-corrected chi connectivity index (χ0v) is 8.07. The summed E-state index contributed by atoms with van der Waals surface area (Å²) in [5.41, 5.74) is 0. The highest BCUT2D eigenvalue weighted by Gasteiger charge is 2.26. The summed E-state index contributed by atoms with van der Waals surface area (Å²) in [6.07, 6.45) is 0.540. The molecule has 5 heteroatoms. The summed E-state index contributed by atoms with van der Waals surface area (Å²) < 4.78 is 0. The number of likely N-dealkylation sites (N-methyl/N-ethyl adjacent to an activating group) is 1. The van der Waals surface area contributed by atoms with Gasteiger partial charge < -0.3 is 15.5 Å². The van der Waals surface area contributed by atoms with Crippen LogP contribution >= 0.6 is 12.2 Å². The third-order valence-corrected chi connectivity index (χ3v) is 2.23. The summed E-state index contributed by atoms with van der Waals surface area (Å²) in [6.45, 7) is 0.737. The van der Waals surface area contributed by atoms with Crippen molar-refractivity contribution < 1.29 is 4.79 Å². The van der Waals surface area contributed by atoms with E-state index in [-0.39, 0.29) is 11.9 Å². The van der Waals surface area contributed by atoms with Crippen LogP contribution in [0.5, 0.6) is 0 Å². The molecule has 0 bridgehead atoms. The number of likely N-dealkylation sites (tertiary alicyclic amines) is 1. The number of carbonyl (C=O) groups is 1. The maximum absolute atomic E-state index is 11.1. The number of hydrogen-bond donors (Lipinski definition) is 2. The highest BCUT2D eigenvalue weighted by molar-refractivity contribution is 7.80. The van der Waals surface area contributed by atoms with E-state index in [1.165, 1.54) is 0 Å². The molecule has 1 aliphatic rings. The van der Waals surface area contributed by atoms with E-state index in [1.807, 2.05) is 0 Å². The van der Waals surface area contributed by atoms with Gasteiger partial charge in [0.15, 0.2) is 5.11 Å². The predicted octanol–water partition coefficient (Wildman–Crippen LogP) is -0.689. The molecule has 0 aromatic heterocycles. The SMILES string of the molecule is CNC(=S)NC1CC(=O)N(C)C1. The van der Waals surface area contributed by atoms with E-state index in [4.69, 9.17) is 12.2 Å². The maximum Gasteiger partial charge on any atom is 0.224 e. The Morgan fingerprint density at radius 2 is 2.42 bits per heavy atom. The minimum absolute atomic E-state index is 0.169. The number of rotatable bonds is 1. The minimum Gasteiger partial charge on any atom is -0.366 e. The number of nitrogens with zero attached hydrogens (tertiary/aromatic N) is 1. The fraction of sp³-hybridized carbons (Fsp3) is 0.714. The number of hydrogen-bond acceptors (Lipinski definition) is 2. The Balaban J connectivity index is 2.37. The van der Waals surface area contributed by atoms with Crippen molar-refractivity contribution in [2.45, 2.75) is 12.5 Å². The van der Waals surface area contributed by atoms with Gasteiger partial charge in [0.25, 0.3) is 0 Å². The van der Waals surface area contributed by atoms with Gasteiger partial charge in [-0.15, -0.1) is 0 Å². The molecule has 1 aliphatic heterocycles. The molecule has 4 nitrogen and oxygen atoms in total. The van der Waals surface area contributed by atoms with Crippen LogP contribution in [0.2, 0.25) is 0 Å². The Labute approximate surface area is 77.3 Å². The summed E-state index contributed by atoms with van der Waals surface area (Å²) in [5.74, 6) is 0.173. The lowest BCUT2D eigenvalue weighted by Crippen LogP contribution is -2.41. The molecule has 1 amide bonds. The number of thiocarbonyl (C=S) groups is 1. The quantitative estimate of drug-likeness (QED) is 0.533. The number of carbonyl (C=O) groups excluding carboxylic acids is 1. The fourth-order valence-corrected chi connectivity index (χ4v) is 1.38. The minimum atomic E-state index is 0.169. The third kappa shape index (κ3) is 2.07. The van der Waals surface area contributed by atoms with Gasteiger partial charge in [-0.25, -0.2) is 0 Å². The van der Waals surface area contributed by atoms with Crippen LogP contribution in [-0.2, 0) is 4.79 Å². The van der Waals surface area contributed by atoms with Crippen molar-refractivity contribution in [2.75, 3.05) is 20.6 Å². The predicted molar refractivity (Wildman–Crippen MR) is 50.8 cm³/mol. The molecule has 1 saturated heterocycles. The first-order valence-electron chi connectivity index (χ1n) is 3.85. The van der Waals surface area contributed by atoms with Crippen molar-refractivity contribution in [1.82, 2.24) is 15.5 Å². The second-order valence-corrected chi connectivity index (χ2v) is 3.31. The van der Waals surface area contributed by atoms with Crippen LogP contribution in [0.3, 0.4) is 0 Å². The summed E-state index contributed by atoms with van der Waals surface area (Å²) in [4.78, 5) is 12.8. The summed E-state index contributed by atoms with van der Waals surface area (Å²) >= 11 is 4.92. The standard InChI is InChI=1S/C7H13N3OS/c1-8-7(12)9-5-3-6(11)10(2)4-5/h5H,3-4H2,1-2H3,(H2,8,9,12). The molecule has 12 heavy (non-hydrogen) atoms. The number of amides is 1. The zero-order chi connectivity index (χ0) is 9.14. The smallest absolute Gasteiger partial charge is 0.224 e. The molecule has 0 aromatic rings. The first-order chi connectivity index (χ1) is 5.63. The summed E-state index contributed by atoms with van der Waals surface area (Å²) in [6, 6.07) is 0.169. The zero-order valence-electron chi connectivity index (χ0n) is 7.26. The van der Waals surface area contributed by atoms with Crippen molar-refractivity contribution in [2.24, 2.45) is 0 Å². The van der Waals surface area contributed by atoms with Gasteiger partial charge in [0, 0.05) is 27.1 Å². The molecule has 0 aliphatic carbocycles. The lowest BCUT2D eigenvalue weighted by Gasteiger charge is -2.13. The molecule has 1 rings (SSSR count). The summed E-state index contributed by atoms with van der Waals surface area (Å²) in [7, 11) is 3.56. The van der Waals surface area contributed by atoms with Crippen LogP contribution in [0.4, 0.5) is 0 Å². The van der Waals surface area contributed by atoms with Gasteiger partial charge in [-0.2, -0.15) is 0 Å². The monoisotopic (exact) mass is 187 g/mol. The lowest BCUT2D eigenvalue weighted by molar-refractivity contribution is -0.126. The van der Waals surface area contributed by atoms with E-state index in [2.05, 4.69) is 10.6 Å². The average molecular weight is 187 g/mol. The van der Waals surface area contributed by atoms with Gasteiger partial charge in [-0.1, -0.05) is 0 Å². The van der Waals surface area contributed by atoms with Crippen molar-refractivity contribution in [1.29, 1.82) is 0 Å². The van der Waals surface area contributed by atoms with E-state index >= 15 is 0 Å². The Hall–Kier alpha value is -0.840. The van der Waals surface area contributed by atoms with E-state index in [0.717, 1.165) is 6.54 Å². The van der Waals surface area contributed by atoms with E-state index in [0.29, 0.717) is 11.5 Å². The van der Waals surface area contributed by atoms with E-state index in [1.54, 1.807) is 19.0 Å². The second kappa shape index (κ2) is 3.71. The molecule has 2 N–H and O–H groups in total. The van der Waals surface area contributed by atoms with Crippen molar-refractivity contribution in [3.63, 3.8) is 0 Å². The van der Waals surface area contributed by atoms with Crippen LogP contribution in [0, 0.1) is 0 Å². The molecule has 1 heterocycles. The van der Waals surface area contributed by atoms with Crippen molar-refractivity contribution >= 4 is 23.2 Å². The normalized spacial score (nSPS) is 22.7. The highest BCUT2D eigenvalue weighted by atomic mass is 32.1.